The van der Waals surface area contributed by atoms with Gasteiger partial charge in [-0.15, -0.1) is 0 Å². The highest BCUT2D eigenvalue weighted by Gasteiger charge is 2.20. The van der Waals surface area contributed by atoms with Crippen LogP contribution in [0.3, 0.4) is 0 Å². The number of nitrogens with two attached hydrogens (primary N) is 1. The topological polar surface area (TPSA) is 87.6 Å². The van der Waals surface area contributed by atoms with Gasteiger partial charge in [0, 0.05) is 5.56 Å². The molecule has 0 aliphatic heterocycles. The van der Waals surface area contributed by atoms with Crippen LogP contribution in [0, 0.1) is 6.92 Å². The van der Waals surface area contributed by atoms with Gasteiger partial charge in [0.2, 0.25) is 5.71 Å². The van der Waals surface area contributed by atoms with Crippen LogP contribution in [0.1, 0.15) is 12.5 Å². The Morgan fingerprint density at radius 2 is 2.04 bits per heavy atom. The maximum absolute atomic E-state index is 11.4. The third-order valence-corrected chi connectivity index (χ3v) is 3.37. The Morgan fingerprint density at radius 1 is 1.30 bits per heavy atom. The zero-order valence-corrected chi connectivity index (χ0v) is 12.8. The molecule has 3 aromatic rings. The first-order valence-electron chi connectivity index (χ1n) is 7.19. The fourth-order valence-corrected chi connectivity index (χ4v) is 2.35. The standard InChI is InChI=1S/C17H16N2O4/c1-3-21-17(20)23-16-14(18)13-10(2)9-12(19-15(13)22-16)11-7-5-4-6-8-11/h4-9H,3,18H2,1-2H3. The van der Waals surface area contributed by atoms with Crippen LogP contribution < -0.4 is 10.5 Å². The average Bonchev–Trinajstić information content (AvgIpc) is 2.85. The number of carbonyl (C=O) groups is 1. The van der Waals surface area contributed by atoms with E-state index < -0.39 is 6.16 Å². The molecule has 0 saturated carbocycles. The monoisotopic (exact) mass is 312 g/mol. The second-order valence-electron chi connectivity index (χ2n) is 4.96. The molecule has 118 valence electrons. The van der Waals surface area contributed by atoms with Crippen molar-refractivity contribution < 1.29 is 18.7 Å². The quantitative estimate of drug-likeness (QED) is 0.737. The van der Waals surface area contributed by atoms with E-state index in [0.717, 1.165) is 16.8 Å². The van der Waals surface area contributed by atoms with Crippen LogP contribution in [-0.2, 0) is 4.74 Å². The number of anilines is 1. The number of aryl methyl sites for hydroxylation is 1. The van der Waals surface area contributed by atoms with E-state index in [1.54, 1.807) is 6.92 Å². The van der Waals surface area contributed by atoms with Gasteiger partial charge < -0.3 is 19.6 Å². The van der Waals surface area contributed by atoms with E-state index in [2.05, 4.69) is 4.98 Å². The third kappa shape index (κ3) is 2.83. The van der Waals surface area contributed by atoms with E-state index in [1.807, 2.05) is 43.3 Å². The van der Waals surface area contributed by atoms with Crippen LogP contribution in [0.5, 0.6) is 5.95 Å². The lowest BCUT2D eigenvalue weighted by Crippen LogP contribution is -2.10. The van der Waals surface area contributed by atoms with E-state index in [9.17, 15) is 4.79 Å². The molecular weight excluding hydrogens is 296 g/mol. The minimum atomic E-state index is -0.862. The van der Waals surface area contributed by atoms with Gasteiger partial charge in [0.05, 0.1) is 17.7 Å². The summed E-state index contributed by atoms with van der Waals surface area (Å²) in [6.45, 7) is 3.78. The fraction of sp³-hybridized carbons (Fsp3) is 0.176. The fourth-order valence-electron chi connectivity index (χ4n) is 2.35. The lowest BCUT2D eigenvalue weighted by atomic mass is 10.1. The van der Waals surface area contributed by atoms with E-state index in [-0.39, 0.29) is 18.2 Å². The number of aromatic nitrogens is 1. The SMILES string of the molecule is CCOC(=O)Oc1oc2nc(-c3ccccc3)cc(C)c2c1N. The predicted octanol–water partition coefficient (Wildman–Crippen LogP) is 3.92. The lowest BCUT2D eigenvalue weighted by molar-refractivity contribution is 0.0960. The number of nitrogens with zero attached hydrogens (tertiary/aromatic N) is 1. The van der Waals surface area contributed by atoms with E-state index in [4.69, 9.17) is 19.6 Å². The Bertz CT molecular complexity index is 856. The van der Waals surface area contributed by atoms with Crippen LogP contribution in [0.2, 0.25) is 0 Å². The van der Waals surface area contributed by atoms with Crippen molar-refractivity contribution in [2.24, 2.45) is 0 Å². The number of hydrogen-bond donors (Lipinski definition) is 1. The first-order valence-corrected chi connectivity index (χ1v) is 7.19. The van der Waals surface area contributed by atoms with Crippen molar-refractivity contribution in [3.05, 3.63) is 42.0 Å². The molecule has 0 atom stereocenters. The number of benzene rings is 1. The molecule has 6 heteroatoms. The summed E-state index contributed by atoms with van der Waals surface area (Å²) in [5.41, 5.74) is 9.16. The molecule has 2 aromatic heterocycles. The lowest BCUT2D eigenvalue weighted by Gasteiger charge is -2.03. The number of furan rings is 1. The number of pyridine rings is 1. The molecule has 2 N–H and O–H groups in total. The van der Waals surface area contributed by atoms with Gasteiger partial charge in [-0.25, -0.2) is 9.78 Å². The number of fused-ring (bicyclic) bond motifs is 1. The summed E-state index contributed by atoms with van der Waals surface area (Å²) in [7, 11) is 0. The van der Waals surface area contributed by atoms with Crippen molar-refractivity contribution in [3.63, 3.8) is 0 Å². The molecule has 2 heterocycles. The van der Waals surface area contributed by atoms with E-state index in [0.29, 0.717) is 11.1 Å². The predicted molar refractivity (Wildman–Crippen MR) is 86.2 cm³/mol. The normalized spacial score (nSPS) is 10.7. The Morgan fingerprint density at radius 3 is 2.74 bits per heavy atom. The van der Waals surface area contributed by atoms with Crippen LogP contribution in [0.15, 0.2) is 40.8 Å². The van der Waals surface area contributed by atoms with Crippen molar-refractivity contribution in [1.29, 1.82) is 0 Å². The maximum Gasteiger partial charge on any atom is 0.516 e. The van der Waals surface area contributed by atoms with E-state index in [1.165, 1.54) is 0 Å². The summed E-state index contributed by atoms with van der Waals surface area (Å²) in [4.78, 5) is 15.9. The molecule has 0 spiro atoms. The molecule has 6 nitrogen and oxygen atoms in total. The Hall–Kier alpha value is -3.02. The first-order chi connectivity index (χ1) is 11.1. The van der Waals surface area contributed by atoms with Crippen LogP contribution in [-0.4, -0.2) is 17.7 Å². The van der Waals surface area contributed by atoms with Crippen LogP contribution >= 0.6 is 0 Å². The molecule has 3 rings (SSSR count). The van der Waals surface area contributed by atoms with Gasteiger partial charge in [-0.05, 0) is 25.5 Å². The number of hydrogen-bond acceptors (Lipinski definition) is 6. The Balaban J connectivity index is 2.06. The molecule has 0 bridgehead atoms. The zero-order valence-electron chi connectivity index (χ0n) is 12.8. The Labute approximate surface area is 132 Å². The number of nitrogen functional groups attached to an aromatic ring is 1. The van der Waals surface area contributed by atoms with Gasteiger partial charge in [-0.3, -0.25) is 0 Å². The zero-order chi connectivity index (χ0) is 16.4. The third-order valence-electron chi connectivity index (χ3n) is 3.37. The first kappa shape index (κ1) is 14.9. The largest absolute Gasteiger partial charge is 0.516 e. The van der Waals surface area contributed by atoms with Gasteiger partial charge >= 0.3 is 12.1 Å². The minimum Gasteiger partial charge on any atom is -0.434 e. The van der Waals surface area contributed by atoms with Crippen molar-refractivity contribution in [2.75, 3.05) is 12.3 Å². The molecule has 0 unspecified atom stereocenters. The summed E-state index contributed by atoms with van der Waals surface area (Å²) >= 11 is 0. The Kier molecular flexibility index (Phi) is 3.89. The summed E-state index contributed by atoms with van der Waals surface area (Å²) in [6, 6.07) is 11.6. The van der Waals surface area contributed by atoms with Crippen molar-refractivity contribution in [2.45, 2.75) is 13.8 Å². The molecule has 0 fully saturated rings. The van der Waals surface area contributed by atoms with Gasteiger partial charge in [-0.1, -0.05) is 30.3 Å². The second-order valence-corrected chi connectivity index (χ2v) is 4.96. The number of ether oxygens (including phenoxy) is 2. The van der Waals surface area contributed by atoms with Gasteiger partial charge in [0.15, 0.2) is 0 Å². The maximum atomic E-state index is 11.4. The molecule has 23 heavy (non-hydrogen) atoms. The van der Waals surface area contributed by atoms with E-state index >= 15 is 0 Å². The number of carbonyl (C=O) groups excluding carboxylic acids is 1. The molecular formula is C17H16N2O4. The molecule has 0 aliphatic carbocycles. The summed E-state index contributed by atoms with van der Waals surface area (Å²) in [5, 5.41) is 0.629. The van der Waals surface area contributed by atoms with Crippen LogP contribution in [0.25, 0.3) is 22.4 Å². The molecule has 0 radical (unpaired) electrons. The summed E-state index contributed by atoms with van der Waals surface area (Å²) < 4.78 is 15.2. The summed E-state index contributed by atoms with van der Waals surface area (Å²) in [5.74, 6) is -0.0979. The van der Waals surface area contributed by atoms with Crippen LogP contribution in [0.4, 0.5) is 10.5 Å². The molecule has 0 aliphatic rings. The minimum absolute atomic E-state index is 0.0979. The van der Waals surface area contributed by atoms with Gasteiger partial charge in [0.1, 0.15) is 5.69 Å². The second kappa shape index (κ2) is 6.00. The summed E-state index contributed by atoms with van der Waals surface area (Å²) in [6.07, 6.45) is -0.862. The highest BCUT2D eigenvalue weighted by molar-refractivity contribution is 5.95. The molecule has 0 saturated heterocycles. The van der Waals surface area contributed by atoms with Crippen molar-refractivity contribution in [1.82, 2.24) is 4.98 Å². The highest BCUT2D eigenvalue weighted by Crippen LogP contribution is 2.37. The van der Waals surface area contributed by atoms with Gasteiger partial charge in [-0.2, -0.15) is 0 Å². The average molecular weight is 312 g/mol. The number of rotatable bonds is 3. The van der Waals surface area contributed by atoms with Crippen molar-refractivity contribution >= 4 is 22.9 Å². The molecule has 0 amide bonds. The van der Waals surface area contributed by atoms with Crippen molar-refractivity contribution in [3.8, 4) is 17.2 Å². The smallest absolute Gasteiger partial charge is 0.434 e. The highest BCUT2D eigenvalue weighted by atomic mass is 16.8. The van der Waals surface area contributed by atoms with Gasteiger partial charge in [0.25, 0.3) is 0 Å². The molecule has 1 aromatic carbocycles.